The van der Waals surface area contributed by atoms with Gasteiger partial charge in [-0.05, 0) is 87.4 Å². The molecule has 0 radical (unpaired) electrons. The molecule has 0 aromatic heterocycles. The highest BCUT2D eigenvalue weighted by Gasteiger charge is 2.07. The zero-order valence-electron chi connectivity index (χ0n) is 9.73. The normalized spacial score (nSPS) is 12.2. The Morgan fingerprint density at radius 1 is 1.17 bits per heavy atom. The van der Waals surface area contributed by atoms with E-state index in [1.807, 2.05) is 42.5 Å². The van der Waals surface area contributed by atoms with E-state index >= 15 is 0 Å². The van der Waals surface area contributed by atoms with E-state index in [4.69, 9.17) is 4.74 Å². The number of halogens is 2. The molecule has 4 heteroatoms. The maximum absolute atomic E-state index is 9.50. The van der Waals surface area contributed by atoms with Crippen molar-refractivity contribution in [3.63, 3.8) is 0 Å². The average molecular weight is 419 g/mol. The first-order valence-corrected chi connectivity index (χ1v) is 7.34. The molecule has 0 aliphatic rings. The first-order chi connectivity index (χ1) is 8.56. The first kappa shape index (κ1) is 13.8. The molecule has 1 N–H and O–H groups in total. The van der Waals surface area contributed by atoms with Gasteiger partial charge in [-0.2, -0.15) is 0 Å². The largest absolute Gasteiger partial charge is 0.456 e. The first-order valence-electron chi connectivity index (χ1n) is 5.47. The third-order valence-electron chi connectivity index (χ3n) is 2.48. The van der Waals surface area contributed by atoms with Crippen molar-refractivity contribution >= 4 is 38.5 Å². The van der Waals surface area contributed by atoms with Gasteiger partial charge in [0.2, 0.25) is 0 Å². The van der Waals surface area contributed by atoms with Crippen molar-refractivity contribution in [2.24, 2.45) is 0 Å². The summed E-state index contributed by atoms with van der Waals surface area (Å²) in [7, 11) is 0. The van der Waals surface area contributed by atoms with Gasteiger partial charge in [-0.25, -0.2) is 0 Å². The fourth-order valence-electron chi connectivity index (χ4n) is 1.49. The molecule has 2 aromatic rings. The summed E-state index contributed by atoms with van der Waals surface area (Å²) in [6.07, 6.45) is -0.478. The fourth-order valence-corrected chi connectivity index (χ4v) is 2.33. The molecule has 0 fully saturated rings. The lowest BCUT2D eigenvalue weighted by Crippen LogP contribution is -1.92. The minimum absolute atomic E-state index is 0.478. The Hall–Kier alpha value is -0.590. The molecule has 0 saturated carbocycles. The highest BCUT2D eigenvalue weighted by atomic mass is 127. The van der Waals surface area contributed by atoms with Crippen LogP contribution in [0, 0.1) is 3.57 Å². The zero-order chi connectivity index (χ0) is 13.1. The summed E-state index contributed by atoms with van der Waals surface area (Å²) < 4.78 is 7.77. The van der Waals surface area contributed by atoms with Gasteiger partial charge in [0.25, 0.3) is 0 Å². The van der Waals surface area contributed by atoms with E-state index in [2.05, 4.69) is 38.5 Å². The van der Waals surface area contributed by atoms with Gasteiger partial charge in [-0.3, -0.25) is 0 Å². The second-order valence-electron chi connectivity index (χ2n) is 3.92. The van der Waals surface area contributed by atoms with Gasteiger partial charge in [-0.1, -0.05) is 6.07 Å². The highest BCUT2D eigenvalue weighted by molar-refractivity contribution is 14.1. The lowest BCUT2D eigenvalue weighted by molar-refractivity contribution is 0.199. The molecule has 0 saturated heterocycles. The van der Waals surface area contributed by atoms with Crippen molar-refractivity contribution in [1.82, 2.24) is 0 Å². The van der Waals surface area contributed by atoms with Crippen molar-refractivity contribution < 1.29 is 9.84 Å². The number of ether oxygens (including phenoxy) is 1. The molecule has 1 unspecified atom stereocenters. The molecule has 2 aromatic carbocycles. The number of hydrogen-bond donors (Lipinski definition) is 1. The lowest BCUT2D eigenvalue weighted by atomic mass is 10.1. The van der Waals surface area contributed by atoms with E-state index in [9.17, 15) is 5.11 Å². The van der Waals surface area contributed by atoms with Crippen LogP contribution in [0.2, 0.25) is 0 Å². The zero-order valence-corrected chi connectivity index (χ0v) is 13.5. The van der Waals surface area contributed by atoms with E-state index in [1.54, 1.807) is 6.92 Å². The van der Waals surface area contributed by atoms with Crippen LogP contribution in [0.1, 0.15) is 18.6 Å². The molecule has 2 rings (SSSR count). The van der Waals surface area contributed by atoms with Gasteiger partial charge in [0.15, 0.2) is 0 Å². The maximum Gasteiger partial charge on any atom is 0.141 e. The smallest absolute Gasteiger partial charge is 0.141 e. The van der Waals surface area contributed by atoms with Crippen LogP contribution in [-0.2, 0) is 0 Å². The van der Waals surface area contributed by atoms with Crippen LogP contribution in [0.25, 0.3) is 0 Å². The summed E-state index contributed by atoms with van der Waals surface area (Å²) in [6, 6.07) is 13.4. The van der Waals surface area contributed by atoms with Gasteiger partial charge >= 0.3 is 0 Å². The van der Waals surface area contributed by atoms with Gasteiger partial charge in [0.1, 0.15) is 11.5 Å². The minimum Gasteiger partial charge on any atom is -0.456 e. The summed E-state index contributed by atoms with van der Waals surface area (Å²) >= 11 is 5.70. The molecule has 94 valence electrons. The monoisotopic (exact) mass is 418 g/mol. The Balaban J connectivity index is 2.22. The Morgan fingerprint density at radius 2 is 1.83 bits per heavy atom. The molecule has 1 atom stereocenters. The summed E-state index contributed by atoms with van der Waals surface area (Å²) in [5, 5.41) is 9.50. The van der Waals surface area contributed by atoms with Crippen molar-refractivity contribution in [3.05, 3.63) is 56.1 Å². The van der Waals surface area contributed by atoms with E-state index in [0.717, 1.165) is 21.5 Å². The molecule has 0 bridgehead atoms. The third kappa shape index (κ3) is 3.46. The van der Waals surface area contributed by atoms with Crippen LogP contribution in [-0.4, -0.2) is 5.11 Å². The third-order valence-corrected chi connectivity index (χ3v) is 3.82. The molecule has 0 amide bonds. The summed E-state index contributed by atoms with van der Waals surface area (Å²) in [5.41, 5.74) is 0.858. The van der Waals surface area contributed by atoms with Crippen LogP contribution in [0.5, 0.6) is 11.5 Å². The van der Waals surface area contributed by atoms with E-state index < -0.39 is 6.10 Å². The highest BCUT2D eigenvalue weighted by Crippen LogP contribution is 2.32. The van der Waals surface area contributed by atoms with Gasteiger partial charge < -0.3 is 9.84 Å². The van der Waals surface area contributed by atoms with Crippen molar-refractivity contribution in [1.29, 1.82) is 0 Å². The predicted octanol–water partition coefficient (Wildman–Crippen LogP) is 4.90. The second-order valence-corrected chi connectivity index (χ2v) is 6.02. The molecule has 0 heterocycles. The SMILES string of the molecule is CC(O)c1ccc(Oc2ccc(I)cc2)c(Br)c1. The number of rotatable bonds is 3. The van der Waals surface area contributed by atoms with E-state index in [0.29, 0.717) is 0 Å². The van der Waals surface area contributed by atoms with E-state index in [1.165, 1.54) is 3.57 Å². The summed E-state index contributed by atoms with van der Waals surface area (Å²) in [6.45, 7) is 1.74. The van der Waals surface area contributed by atoms with Crippen LogP contribution < -0.4 is 4.74 Å². The van der Waals surface area contributed by atoms with Gasteiger partial charge in [0, 0.05) is 3.57 Å². The van der Waals surface area contributed by atoms with Crippen LogP contribution in [0.15, 0.2) is 46.9 Å². The van der Waals surface area contributed by atoms with Gasteiger partial charge in [-0.15, -0.1) is 0 Å². The summed E-state index contributed by atoms with van der Waals surface area (Å²) in [5.74, 6) is 1.53. The molecule has 0 spiro atoms. The molecule has 2 nitrogen and oxygen atoms in total. The lowest BCUT2D eigenvalue weighted by Gasteiger charge is -2.10. The average Bonchev–Trinajstić information content (AvgIpc) is 2.34. The Labute approximate surface area is 128 Å². The summed E-state index contributed by atoms with van der Waals surface area (Å²) in [4.78, 5) is 0. The predicted molar refractivity (Wildman–Crippen MR) is 84.0 cm³/mol. The van der Waals surface area contributed by atoms with Crippen LogP contribution in [0.3, 0.4) is 0 Å². The van der Waals surface area contributed by atoms with Crippen LogP contribution in [0.4, 0.5) is 0 Å². The molecular weight excluding hydrogens is 407 g/mol. The fraction of sp³-hybridized carbons (Fsp3) is 0.143. The number of aliphatic hydroxyl groups excluding tert-OH is 1. The van der Waals surface area contributed by atoms with Gasteiger partial charge in [0.05, 0.1) is 10.6 Å². The molecule has 0 aliphatic heterocycles. The van der Waals surface area contributed by atoms with E-state index in [-0.39, 0.29) is 0 Å². The second kappa shape index (κ2) is 6.04. The van der Waals surface area contributed by atoms with Crippen LogP contribution >= 0.6 is 38.5 Å². The Bertz CT molecular complexity index is 538. The minimum atomic E-state index is -0.478. The number of aliphatic hydroxyl groups is 1. The van der Waals surface area contributed by atoms with Crippen molar-refractivity contribution in [2.45, 2.75) is 13.0 Å². The number of benzene rings is 2. The topological polar surface area (TPSA) is 29.5 Å². The van der Waals surface area contributed by atoms with Crippen molar-refractivity contribution in [3.8, 4) is 11.5 Å². The molecule has 18 heavy (non-hydrogen) atoms. The quantitative estimate of drug-likeness (QED) is 0.718. The standard InChI is InChI=1S/C14H12BrIO2/c1-9(17)10-2-7-14(13(15)8-10)18-12-5-3-11(16)4-6-12/h2-9,17H,1H3. The number of hydrogen-bond acceptors (Lipinski definition) is 2. The molecular formula is C14H12BrIO2. The Morgan fingerprint density at radius 3 is 2.39 bits per heavy atom. The Kier molecular flexibility index (Phi) is 4.64. The van der Waals surface area contributed by atoms with Crippen molar-refractivity contribution in [2.75, 3.05) is 0 Å². The molecule has 0 aliphatic carbocycles. The maximum atomic E-state index is 9.50.